The van der Waals surface area contributed by atoms with Crippen LogP contribution in [0.25, 0.3) is 11.4 Å². The average molecular weight is 397 g/mol. The third-order valence-electron chi connectivity index (χ3n) is 6.08. The van der Waals surface area contributed by atoms with E-state index in [-0.39, 0.29) is 4.75 Å². The molecule has 3 fully saturated rings. The molecule has 1 aliphatic heterocycles. The van der Waals surface area contributed by atoms with Crippen LogP contribution in [-0.2, 0) is 9.48 Å². The minimum atomic E-state index is 0.196. The SMILES string of the molecule is Nc1ccc(-c2nc(N3CCOCC3)cc(C3(SC4CCCC4)CC3)n2)cc1. The number of nitrogens with two attached hydrogens (primary N) is 1. The molecule has 0 spiro atoms. The van der Waals surface area contributed by atoms with Gasteiger partial charge in [0.1, 0.15) is 5.82 Å². The van der Waals surface area contributed by atoms with Crippen molar-refractivity contribution in [1.82, 2.24) is 9.97 Å². The van der Waals surface area contributed by atoms with Gasteiger partial charge in [-0.05, 0) is 49.9 Å². The first-order chi connectivity index (χ1) is 13.7. The standard InChI is InChI=1S/C22H28N4OS/c23-17-7-5-16(6-8-17)21-24-19(15-20(25-21)26-11-13-27-14-12-26)22(9-10-22)28-18-3-1-2-4-18/h5-8,15,18H,1-4,9-14,23H2. The highest BCUT2D eigenvalue weighted by Crippen LogP contribution is 2.60. The number of hydrogen-bond donors (Lipinski definition) is 1. The van der Waals surface area contributed by atoms with Crippen LogP contribution in [0.1, 0.15) is 44.2 Å². The molecule has 2 saturated carbocycles. The summed E-state index contributed by atoms with van der Waals surface area (Å²) in [6.07, 6.45) is 7.95. The summed E-state index contributed by atoms with van der Waals surface area (Å²) in [5.41, 5.74) is 8.90. The second kappa shape index (κ2) is 7.56. The van der Waals surface area contributed by atoms with E-state index in [1.165, 1.54) is 44.2 Å². The minimum absolute atomic E-state index is 0.196. The lowest BCUT2D eigenvalue weighted by Gasteiger charge is -2.29. The molecular weight excluding hydrogens is 368 g/mol. The Balaban J connectivity index is 1.51. The first-order valence-electron chi connectivity index (χ1n) is 10.5. The quantitative estimate of drug-likeness (QED) is 0.763. The number of nitrogens with zero attached hydrogens (tertiary/aromatic N) is 3. The molecule has 1 saturated heterocycles. The molecule has 1 aromatic carbocycles. The predicted molar refractivity (Wildman–Crippen MR) is 116 cm³/mol. The summed E-state index contributed by atoms with van der Waals surface area (Å²) in [6, 6.07) is 10.2. The third kappa shape index (κ3) is 3.72. The largest absolute Gasteiger partial charge is 0.399 e. The van der Waals surface area contributed by atoms with E-state index >= 15 is 0 Å². The predicted octanol–water partition coefficient (Wildman–Crippen LogP) is 4.23. The fraction of sp³-hybridized carbons (Fsp3) is 0.545. The first kappa shape index (κ1) is 18.3. The molecule has 5 nitrogen and oxygen atoms in total. The van der Waals surface area contributed by atoms with Gasteiger partial charge in [0.05, 0.1) is 23.7 Å². The molecule has 0 atom stereocenters. The van der Waals surface area contributed by atoms with Crippen molar-refractivity contribution >= 4 is 23.3 Å². The lowest BCUT2D eigenvalue weighted by atomic mass is 10.1. The van der Waals surface area contributed by atoms with Crippen LogP contribution in [0.3, 0.4) is 0 Å². The second-order valence-electron chi connectivity index (χ2n) is 8.18. The van der Waals surface area contributed by atoms with Crippen LogP contribution in [0.5, 0.6) is 0 Å². The molecule has 0 amide bonds. The number of nitrogen functional groups attached to an aromatic ring is 1. The van der Waals surface area contributed by atoms with Crippen LogP contribution in [0.2, 0.25) is 0 Å². The number of anilines is 2. The number of thioether (sulfide) groups is 1. The molecule has 2 aliphatic carbocycles. The van der Waals surface area contributed by atoms with E-state index in [0.29, 0.717) is 0 Å². The number of rotatable bonds is 5. The van der Waals surface area contributed by atoms with Gasteiger partial charge in [-0.15, -0.1) is 11.8 Å². The van der Waals surface area contributed by atoms with Gasteiger partial charge in [0.25, 0.3) is 0 Å². The lowest BCUT2D eigenvalue weighted by molar-refractivity contribution is 0.122. The number of morpholine rings is 1. The molecule has 148 valence electrons. The minimum Gasteiger partial charge on any atom is -0.399 e. The van der Waals surface area contributed by atoms with Crippen molar-refractivity contribution in [2.45, 2.75) is 48.5 Å². The molecule has 3 aliphatic rings. The van der Waals surface area contributed by atoms with E-state index in [2.05, 4.69) is 22.7 Å². The lowest BCUT2D eigenvalue weighted by Crippen LogP contribution is -2.37. The molecular formula is C22H28N4OS. The Morgan fingerprint density at radius 3 is 2.43 bits per heavy atom. The van der Waals surface area contributed by atoms with Gasteiger partial charge >= 0.3 is 0 Å². The average Bonchev–Trinajstić information content (AvgIpc) is 3.34. The number of hydrogen-bond acceptors (Lipinski definition) is 6. The Hall–Kier alpha value is -1.79. The molecule has 0 unspecified atom stereocenters. The molecule has 6 heteroatoms. The number of ether oxygens (including phenoxy) is 1. The maximum absolute atomic E-state index is 5.89. The van der Waals surface area contributed by atoms with Crippen molar-refractivity contribution in [2.24, 2.45) is 0 Å². The molecule has 1 aromatic heterocycles. The highest BCUT2D eigenvalue weighted by atomic mass is 32.2. The second-order valence-corrected chi connectivity index (χ2v) is 9.86. The number of aromatic nitrogens is 2. The summed E-state index contributed by atoms with van der Waals surface area (Å²) in [6.45, 7) is 3.30. The van der Waals surface area contributed by atoms with E-state index in [9.17, 15) is 0 Å². The van der Waals surface area contributed by atoms with E-state index in [4.69, 9.17) is 20.4 Å². The molecule has 2 heterocycles. The van der Waals surface area contributed by atoms with E-state index in [1.54, 1.807) is 0 Å². The van der Waals surface area contributed by atoms with Gasteiger partial charge in [0, 0.05) is 35.7 Å². The Labute approximate surface area is 171 Å². The zero-order valence-corrected chi connectivity index (χ0v) is 17.1. The molecule has 2 N–H and O–H groups in total. The van der Waals surface area contributed by atoms with Crippen molar-refractivity contribution in [2.75, 3.05) is 36.9 Å². The van der Waals surface area contributed by atoms with Crippen molar-refractivity contribution in [1.29, 1.82) is 0 Å². The molecule has 28 heavy (non-hydrogen) atoms. The van der Waals surface area contributed by atoms with Crippen LogP contribution in [0.15, 0.2) is 30.3 Å². The number of benzene rings is 1. The van der Waals surface area contributed by atoms with Gasteiger partial charge in [-0.2, -0.15) is 0 Å². The van der Waals surface area contributed by atoms with Gasteiger partial charge < -0.3 is 15.4 Å². The monoisotopic (exact) mass is 396 g/mol. The highest BCUT2D eigenvalue weighted by Gasteiger charge is 2.48. The van der Waals surface area contributed by atoms with Crippen molar-refractivity contribution in [3.8, 4) is 11.4 Å². The first-order valence-corrected chi connectivity index (χ1v) is 11.4. The fourth-order valence-electron chi connectivity index (χ4n) is 4.26. The summed E-state index contributed by atoms with van der Waals surface area (Å²) >= 11 is 2.18. The fourth-order valence-corrected chi connectivity index (χ4v) is 6.03. The van der Waals surface area contributed by atoms with E-state index in [1.807, 2.05) is 24.3 Å². The van der Waals surface area contributed by atoms with Gasteiger partial charge in [0.2, 0.25) is 0 Å². The molecule has 5 rings (SSSR count). The maximum Gasteiger partial charge on any atom is 0.161 e. The summed E-state index contributed by atoms with van der Waals surface area (Å²) in [5, 5.41) is 0.796. The van der Waals surface area contributed by atoms with Crippen molar-refractivity contribution in [3.05, 3.63) is 36.0 Å². The zero-order valence-electron chi connectivity index (χ0n) is 16.3. The van der Waals surface area contributed by atoms with Gasteiger partial charge in [-0.25, -0.2) is 9.97 Å². The van der Waals surface area contributed by atoms with Crippen LogP contribution in [0.4, 0.5) is 11.5 Å². The van der Waals surface area contributed by atoms with Gasteiger partial charge in [0.15, 0.2) is 5.82 Å². The van der Waals surface area contributed by atoms with Crippen LogP contribution < -0.4 is 10.6 Å². The van der Waals surface area contributed by atoms with Crippen molar-refractivity contribution < 1.29 is 4.74 Å². The van der Waals surface area contributed by atoms with Crippen LogP contribution in [-0.4, -0.2) is 41.5 Å². The highest BCUT2D eigenvalue weighted by molar-refractivity contribution is 8.01. The molecule has 2 aromatic rings. The van der Waals surface area contributed by atoms with Gasteiger partial charge in [-0.3, -0.25) is 0 Å². The summed E-state index contributed by atoms with van der Waals surface area (Å²) in [5.74, 6) is 1.86. The topological polar surface area (TPSA) is 64.3 Å². The van der Waals surface area contributed by atoms with Gasteiger partial charge in [-0.1, -0.05) is 12.8 Å². The normalized spacial score (nSPS) is 21.8. The van der Waals surface area contributed by atoms with Crippen LogP contribution in [0, 0.1) is 0 Å². The maximum atomic E-state index is 5.89. The van der Waals surface area contributed by atoms with E-state index < -0.39 is 0 Å². The van der Waals surface area contributed by atoms with Crippen molar-refractivity contribution in [3.63, 3.8) is 0 Å². The van der Waals surface area contributed by atoms with E-state index in [0.717, 1.165) is 54.4 Å². The Bertz CT molecular complexity index is 825. The molecule has 0 radical (unpaired) electrons. The summed E-state index contributed by atoms with van der Waals surface area (Å²) < 4.78 is 5.74. The third-order valence-corrected chi connectivity index (χ3v) is 7.96. The Kier molecular flexibility index (Phi) is 4.93. The summed E-state index contributed by atoms with van der Waals surface area (Å²) in [7, 11) is 0. The Morgan fingerprint density at radius 2 is 1.75 bits per heavy atom. The summed E-state index contributed by atoms with van der Waals surface area (Å²) in [4.78, 5) is 12.4. The zero-order chi connectivity index (χ0) is 19.0. The molecule has 0 bridgehead atoms. The Morgan fingerprint density at radius 1 is 1.04 bits per heavy atom. The van der Waals surface area contributed by atoms with Crippen LogP contribution >= 0.6 is 11.8 Å². The smallest absolute Gasteiger partial charge is 0.161 e.